The highest BCUT2D eigenvalue weighted by molar-refractivity contribution is 5.94. The first-order valence-electron chi connectivity index (χ1n) is 9.62. The first-order chi connectivity index (χ1) is 13.1. The average Bonchev–Trinajstić information content (AvgIpc) is 2.69. The molecule has 1 unspecified atom stereocenters. The molecule has 0 saturated carbocycles. The monoisotopic (exact) mass is 372 g/mol. The molecule has 1 atom stereocenters. The summed E-state index contributed by atoms with van der Waals surface area (Å²) in [6, 6.07) is 9.80. The van der Waals surface area contributed by atoms with Crippen molar-refractivity contribution in [2.45, 2.75) is 26.3 Å². The van der Waals surface area contributed by atoms with Crippen LogP contribution in [0.5, 0.6) is 0 Å². The van der Waals surface area contributed by atoms with Crippen LogP contribution in [-0.4, -0.2) is 62.3 Å². The number of carbonyl (C=O) groups is 2. The van der Waals surface area contributed by atoms with Gasteiger partial charge in [-0.3, -0.25) is 4.90 Å². The van der Waals surface area contributed by atoms with Crippen LogP contribution >= 0.6 is 0 Å². The van der Waals surface area contributed by atoms with E-state index in [1.165, 1.54) is 5.69 Å². The lowest BCUT2D eigenvalue weighted by Gasteiger charge is -2.37. The Bertz CT molecular complexity index is 696. The molecule has 2 amide bonds. The Morgan fingerprint density at radius 1 is 1.15 bits per heavy atom. The van der Waals surface area contributed by atoms with E-state index >= 15 is 0 Å². The van der Waals surface area contributed by atoms with Gasteiger partial charge in [-0.1, -0.05) is 25.1 Å². The van der Waals surface area contributed by atoms with Crippen molar-refractivity contribution < 1.29 is 14.3 Å². The Labute approximate surface area is 160 Å². The van der Waals surface area contributed by atoms with E-state index in [-0.39, 0.29) is 18.0 Å². The molecule has 1 aromatic carbocycles. The van der Waals surface area contributed by atoms with Crippen LogP contribution < -0.4 is 15.5 Å². The van der Waals surface area contributed by atoms with Gasteiger partial charge >= 0.3 is 12.0 Å². The number of amides is 2. The van der Waals surface area contributed by atoms with E-state index in [1.54, 1.807) is 6.92 Å². The number of nitrogens with one attached hydrogen (secondary N) is 2. The second-order valence-electron chi connectivity index (χ2n) is 6.77. The molecular formula is C20H28N4O3. The topological polar surface area (TPSA) is 73.9 Å². The zero-order chi connectivity index (χ0) is 19.2. The molecule has 7 nitrogen and oxygen atoms in total. The number of benzene rings is 1. The number of anilines is 1. The number of rotatable bonds is 6. The van der Waals surface area contributed by atoms with Crippen LogP contribution in [-0.2, 0) is 9.53 Å². The van der Waals surface area contributed by atoms with Gasteiger partial charge in [-0.05, 0) is 25.5 Å². The normalized spacial score (nSPS) is 20.9. The maximum atomic E-state index is 12.5. The Hall–Kier alpha value is -2.54. The van der Waals surface area contributed by atoms with Crippen LogP contribution in [0.1, 0.15) is 20.3 Å². The van der Waals surface area contributed by atoms with Gasteiger partial charge < -0.3 is 20.3 Å². The van der Waals surface area contributed by atoms with Crippen LogP contribution in [0.25, 0.3) is 0 Å². The largest absolute Gasteiger partial charge is 0.463 e. The third kappa shape index (κ3) is 4.60. The summed E-state index contributed by atoms with van der Waals surface area (Å²) < 4.78 is 5.23. The quantitative estimate of drug-likeness (QED) is 0.744. The summed E-state index contributed by atoms with van der Waals surface area (Å²) in [7, 11) is 0. The Kier molecular flexibility index (Phi) is 6.34. The maximum absolute atomic E-state index is 12.5. The second kappa shape index (κ2) is 8.90. The highest BCUT2D eigenvalue weighted by atomic mass is 16.5. The summed E-state index contributed by atoms with van der Waals surface area (Å²) >= 11 is 0. The van der Waals surface area contributed by atoms with Crippen LogP contribution in [0.15, 0.2) is 41.6 Å². The molecule has 0 spiro atoms. The molecule has 2 N–H and O–H groups in total. The standard InChI is InChI=1S/C20H28N4O3/c1-3-16-18(19(25)27-4-2)17(22-20(26)21-16)14-23-10-12-24(13-11-23)15-8-6-5-7-9-15/h5-9,16H,3-4,10-14H2,1-2H3,(H2,21,22,26). The van der Waals surface area contributed by atoms with Gasteiger partial charge in [0.15, 0.2) is 0 Å². The summed E-state index contributed by atoms with van der Waals surface area (Å²) in [5, 5.41) is 5.65. The van der Waals surface area contributed by atoms with E-state index in [9.17, 15) is 9.59 Å². The van der Waals surface area contributed by atoms with Crippen molar-refractivity contribution in [1.29, 1.82) is 0 Å². The third-order valence-corrected chi connectivity index (χ3v) is 5.02. The maximum Gasteiger partial charge on any atom is 0.337 e. The molecule has 3 rings (SSSR count). The molecule has 7 heteroatoms. The molecule has 0 aromatic heterocycles. The third-order valence-electron chi connectivity index (χ3n) is 5.02. The highest BCUT2D eigenvalue weighted by Crippen LogP contribution is 2.20. The summed E-state index contributed by atoms with van der Waals surface area (Å²) in [4.78, 5) is 29.1. The highest BCUT2D eigenvalue weighted by Gasteiger charge is 2.32. The predicted octanol–water partition coefficient (Wildman–Crippen LogP) is 1.72. The zero-order valence-corrected chi connectivity index (χ0v) is 16.0. The van der Waals surface area contributed by atoms with Crippen molar-refractivity contribution in [3.63, 3.8) is 0 Å². The van der Waals surface area contributed by atoms with E-state index in [0.29, 0.717) is 30.8 Å². The molecule has 1 saturated heterocycles. The van der Waals surface area contributed by atoms with E-state index in [4.69, 9.17) is 4.74 Å². The first kappa shape index (κ1) is 19.2. The molecule has 1 fully saturated rings. The zero-order valence-electron chi connectivity index (χ0n) is 16.0. The number of esters is 1. The SMILES string of the molecule is CCOC(=O)C1=C(CN2CCN(c3ccccc3)CC2)NC(=O)NC1CC. The number of para-hydroxylation sites is 1. The Morgan fingerprint density at radius 3 is 2.48 bits per heavy atom. The van der Waals surface area contributed by atoms with E-state index in [1.807, 2.05) is 25.1 Å². The van der Waals surface area contributed by atoms with E-state index in [2.05, 4.69) is 32.6 Å². The van der Waals surface area contributed by atoms with Crippen molar-refractivity contribution in [2.75, 3.05) is 44.2 Å². The van der Waals surface area contributed by atoms with Crippen molar-refractivity contribution in [3.8, 4) is 0 Å². The minimum atomic E-state index is -0.352. The molecule has 0 bridgehead atoms. The number of ether oxygens (including phenoxy) is 1. The fraction of sp³-hybridized carbons (Fsp3) is 0.500. The Balaban J connectivity index is 1.70. The Morgan fingerprint density at radius 2 is 1.85 bits per heavy atom. The van der Waals surface area contributed by atoms with Gasteiger partial charge in [0.05, 0.1) is 18.2 Å². The van der Waals surface area contributed by atoms with Gasteiger partial charge in [0.25, 0.3) is 0 Å². The van der Waals surface area contributed by atoms with Crippen molar-refractivity contribution >= 4 is 17.7 Å². The minimum Gasteiger partial charge on any atom is -0.463 e. The van der Waals surface area contributed by atoms with E-state index < -0.39 is 0 Å². The van der Waals surface area contributed by atoms with Crippen molar-refractivity contribution in [1.82, 2.24) is 15.5 Å². The van der Waals surface area contributed by atoms with Gasteiger partial charge in [0.2, 0.25) is 0 Å². The summed E-state index contributed by atoms with van der Waals surface area (Å²) in [6.07, 6.45) is 0.646. The number of carbonyl (C=O) groups excluding carboxylic acids is 2. The van der Waals surface area contributed by atoms with Crippen molar-refractivity contribution in [3.05, 3.63) is 41.6 Å². The van der Waals surface area contributed by atoms with Gasteiger partial charge in [0, 0.05) is 44.1 Å². The van der Waals surface area contributed by atoms with Crippen LogP contribution in [0.3, 0.4) is 0 Å². The lowest BCUT2D eigenvalue weighted by Crippen LogP contribution is -2.54. The average molecular weight is 372 g/mol. The lowest BCUT2D eigenvalue weighted by atomic mass is 10.00. The molecule has 146 valence electrons. The van der Waals surface area contributed by atoms with Crippen LogP contribution in [0.4, 0.5) is 10.5 Å². The van der Waals surface area contributed by atoms with E-state index in [0.717, 1.165) is 26.2 Å². The lowest BCUT2D eigenvalue weighted by molar-refractivity contribution is -0.139. The van der Waals surface area contributed by atoms with Crippen molar-refractivity contribution in [2.24, 2.45) is 0 Å². The summed E-state index contributed by atoms with van der Waals surface area (Å²) in [6.45, 7) is 8.16. The molecule has 2 aliphatic rings. The van der Waals surface area contributed by atoms with Gasteiger partial charge in [-0.2, -0.15) is 0 Å². The summed E-state index contributed by atoms with van der Waals surface area (Å²) in [5.41, 5.74) is 2.44. The molecule has 1 aromatic rings. The minimum absolute atomic E-state index is 0.257. The number of hydrogen-bond donors (Lipinski definition) is 2. The molecule has 0 aliphatic carbocycles. The fourth-order valence-corrected chi connectivity index (χ4v) is 3.61. The number of nitrogens with zero attached hydrogens (tertiary/aromatic N) is 2. The number of piperazine rings is 1. The molecule has 27 heavy (non-hydrogen) atoms. The number of urea groups is 1. The molecule has 0 radical (unpaired) electrons. The van der Waals surface area contributed by atoms with Gasteiger partial charge in [0.1, 0.15) is 0 Å². The number of hydrogen-bond acceptors (Lipinski definition) is 5. The van der Waals surface area contributed by atoms with Crippen LogP contribution in [0.2, 0.25) is 0 Å². The fourth-order valence-electron chi connectivity index (χ4n) is 3.61. The molecule has 2 heterocycles. The predicted molar refractivity (Wildman–Crippen MR) is 105 cm³/mol. The van der Waals surface area contributed by atoms with Gasteiger partial charge in [-0.25, -0.2) is 9.59 Å². The molecule has 2 aliphatic heterocycles. The summed E-state index contributed by atoms with van der Waals surface area (Å²) in [5.74, 6) is -0.352. The molecular weight excluding hydrogens is 344 g/mol. The first-order valence-corrected chi connectivity index (χ1v) is 9.62. The second-order valence-corrected chi connectivity index (χ2v) is 6.77. The van der Waals surface area contributed by atoms with Gasteiger partial charge in [-0.15, -0.1) is 0 Å². The smallest absolute Gasteiger partial charge is 0.337 e. The van der Waals surface area contributed by atoms with Crippen LogP contribution in [0, 0.1) is 0 Å².